The SMILES string of the molecule is COC(=O)c1cc(C(C)(C)CC(C)(C)C)ccc1SC(=O)N(C)C. The van der Waals surface area contributed by atoms with E-state index in [4.69, 9.17) is 4.74 Å². The monoisotopic (exact) mass is 351 g/mol. The number of carbonyl (C=O) groups excluding carboxylic acids is 2. The lowest BCUT2D eigenvalue weighted by Gasteiger charge is -2.33. The summed E-state index contributed by atoms with van der Waals surface area (Å²) in [5.41, 5.74) is 1.59. The number of methoxy groups -OCH3 is 1. The Morgan fingerprint density at radius 1 is 1.12 bits per heavy atom. The number of thioether (sulfide) groups is 1. The zero-order chi connectivity index (χ0) is 18.7. The van der Waals surface area contributed by atoms with E-state index in [-0.39, 0.29) is 16.1 Å². The van der Waals surface area contributed by atoms with Gasteiger partial charge in [-0.2, -0.15) is 0 Å². The lowest BCUT2D eigenvalue weighted by atomic mass is 9.72. The maximum absolute atomic E-state index is 12.2. The molecule has 0 saturated heterocycles. The van der Waals surface area contributed by atoms with E-state index in [0.29, 0.717) is 10.5 Å². The van der Waals surface area contributed by atoms with E-state index in [1.165, 1.54) is 12.0 Å². The summed E-state index contributed by atoms with van der Waals surface area (Å²) in [6, 6.07) is 5.71. The van der Waals surface area contributed by atoms with Crippen molar-refractivity contribution in [2.24, 2.45) is 5.41 Å². The van der Waals surface area contributed by atoms with Crippen LogP contribution in [0.4, 0.5) is 4.79 Å². The fraction of sp³-hybridized carbons (Fsp3) is 0.579. The minimum atomic E-state index is -0.419. The van der Waals surface area contributed by atoms with Crippen molar-refractivity contribution in [1.29, 1.82) is 0 Å². The van der Waals surface area contributed by atoms with Gasteiger partial charge in [0.1, 0.15) is 0 Å². The number of amides is 1. The highest BCUT2D eigenvalue weighted by molar-refractivity contribution is 8.13. The van der Waals surface area contributed by atoms with Crippen molar-refractivity contribution in [2.45, 2.75) is 51.3 Å². The van der Waals surface area contributed by atoms with Gasteiger partial charge in [-0.1, -0.05) is 40.7 Å². The number of esters is 1. The molecule has 1 rings (SSSR count). The minimum Gasteiger partial charge on any atom is -0.465 e. The average molecular weight is 352 g/mol. The average Bonchev–Trinajstić information content (AvgIpc) is 2.43. The van der Waals surface area contributed by atoms with Crippen molar-refractivity contribution in [2.75, 3.05) is 21.2 Å². The molecule has 0 aliphatic carbocycles. The van der Waals surface area contributed by atoms with Crippen LogP contribution in [0, 0.1) is 5.41 Å². The summed E-state index contributed by atoms with van der Waals surface area (Å²) in [6.07, 6.45) is 0.976. The Balaban J connectivity index is 3.29. The van der Waals surface area contributed by atoms with Crippen LogP contribution in [-0.4, -0.2) is 37.3 Å². The molecule has 134 valence electrons. The molecular weight excluding hydrogens is 322 g/mol. The Morgan fingerprint density at radius 2 is 1.71 bits per heavy atom. The molecule has 0 bridgehead atoms. The first kappa shape index (κ1) is 20.6. The number of ether oxygens (including phenoxy) is 1. The highest BCUT2D eigenvalue weighted by Gasteiger charge is 2.29. The molecule has 0 atom stereocenters. The van der Waals surface area contributed by atoms with Crippen LogP contribution in [0.25, 0.3) is 0 Å². The van der Waals surface area contributed by atoms with E-state index in [0.717, 1.165) is 23.7 Å². The lowest BCUT2D eigenvalue weighted by molar-refractivity contribution is 0.0596. The van der Waals surface area contributed by atoms with E-state index in [1.807, 2.05) is 18.2 Å². The Kier molecular flexibility index (Phi) is 6.51. The largest absolute Gasteiger partial charge is 0.465 e. The van der Waals surface area contributed by atoms with Crippen LogP contribution in [0.1, 0.15) is 57.0 Å². The van der Waals surface area contributed by atoms with Crippen LogP contribution >= 0.6 is 11.8 Å². The summed E-state index contributed by atoms with van der Waals surface area (Å²) in [4.78, 5) is 26.3. The molecule has 5 heteroatoms. The number of nitrogens with zero attached hydrogens (tertiary/aromatic N) is 1. The third-order valence-electron chi connectivity index (χ3n) is 3.70. The molecule has 0 aliphatic rings. The van der Waals surface area contributed by atoms with Crippen molar-refractivity contribution >= 4 is 23.0 Å². The molecule has 0 N–H and O–H groups in total. The minimum absolute atomic E-state index is 0.0875. The maximum atomic E-state index is 12.2. The molecule has 0 spiro atoms. The molecule has 4 nitrogen and oxygen atoms in total. The van der Waals surface area contributed by atoms with Gasteiger partial charge in [0.25, 0.3) is 5.24 Å². The highest BCUT2D eigenvalue weighted by atomic mass is 32.2. The summed E-state index contributed by atoms with van der Waals surface area (Å²) in [5, 5.41) is -0.123. The van der Waals surface area contributed by atoms with Gasteiger partial charge in [-0.15, -0.1) is 0 Å². The molecule has 0 radical (unpaired) electrons. The van der Waals surface area contributed by atoms with E-state index in [2.05, 4.69) is 34.6 Å². The summed E-state index contributed by atoms with van der Waals surface area (Å²) in [7, 11) is 4.74. The first-order chi connectivity index (χ1) is 10.9. The smallest absolute Gasteiger partial charge is 0.339 e. The summed E-state index contributed by atoms with van der Waals surface area (Å²) >= 11 is 1.04. The Labute approximate surface area is 149 Å². The first-order valence-corrected chi connectivity index (χ1v) is 8.81. The van der Waals surface area contributed by atoms with Crippen LogP contribution in [0.2, 0.25) is 0 Å². The van der Waals surface area contributed by atoms with Crippen LogP contribution in [0.15, 0.2) is 23.1 Å². The van der Waals surface area contributed by atoms with Crippen LogP contribution < -0.4 is 0 Å². The van der Waals surface area contributed by atoms with Crippen molar-refractivity contribution in [3.63, 3.8) is 0 Å². The second kappa shape index (κ2) is 7.60. The van der Waals surface area contributed by atoms with Gasteiger partial charge in [0.15, 0.2) is 0 Å². The molecule has 1 amide bonds. The second-order valence-corrected chi connectivity index (χ2v) is 9.08. The van der Waals surface area contributed by atoms with Crippen molar-refractivity contribution in [3.8, 4) is 0 Å². The molecule has 0 saturated carbocycles. The molecule has 0 fully saturated rings. The Morgan fingerprint density at radius 3 is 2.17 bits per heavy atom. The van der Waals surface area contributed by atoms with Crippen LogP contribution in [-0.2, 0) is 10.2 Å². The Bertz CT molecular complexity index is 616. The number of rotatable bonds is 4. The molecular formula is C19H29NO3S. The van der Waals surface area contributed by atoms with Crippen molar-refractivity contribution < 1.29 is 14.3 Å². The fourth-order valence-electron chi connectivity index (χ4n) is 2.92. The predicted octanol–water partition coefficient (Wildman–Crippen LogP) is 4.96. The zero-order valence-corrected chi connectivity index (χ0v) is 16.8. The number of hydrogen-bond donors (Lipinski definition) is 0. The van der Waals surface area contributed by atoms with E-state index in [9.17, 15) is 9.59 Å². The van der Waals surface area contributed by atoms with Gasteiger partial charge in [0.2, 0.25) is 0 Å². The normalized spacial score (nSPS) is 12.0. The number of benzene rings is 1. The first-order valence-electron chi connectivity index (χ1n) is 7.99. The van der Waals surface area contributed by atoms with Gasteiger partial charge in [0.05, 0.1) is 12.7 Å². The predicted molar refractivity (Wildman–Crippen MR) is 99.8 cm³/mol. The summed E-state index contributed by atoms with van der Waals surface area (Å²) in [6.45, 7) is 11.0. The van der Waals surface area contributed by atoms with Crippen LogP contribution in [0.5, 0.6) is 0 Å². The molecule has 1 aromatic rings. The van der Waals surface area contributed by atoms with E-state index >= 15 is 0 Å². The molecule has 0 heterocycles. The van der Waals surface area contributed by atoms with E-state index < -0.39 is 5.97 Å². The summed E-state index contributed by atoms with van der Waals surface area (Å²) < 4.78 is 4.91. The number of hydrogen-bond acceptors (Lipinski definition) is 4. The van der Waals surface area contributed by atoms with Gasteiger partial charge < -0.3 is 9.64 Å². The maximum Gasteiger partial charge on any atom is 0.339 e. The quantitative estimate of drug-likeness (QED) is 0.568. The highest BCUT2D eigenvalue weighted by Crippen LogP contribution is 2.38. The second-order valence-electron chi connectivity index (χ2n) is 8.09. The molecule has 1 aromatic carbocycles. The molecule has 0 aliphatic heterocycles. The third-order valence-corrected chi connectivity index (χ3v) is 4.82. The van der Waals surface area contributed by atoms with Gasteiger partial charge in [-0.05, 0) is 46.7 Å². The molecule has 0 aromatic heterocycles. The van der Waals surface area contributed by atoms with E-state index in [1.54, 1.807) is 14.1 Å². The Hall–Kier alpha value is -1.49. The lowest BCUT2D eigenvalue weighted by Crippen LogP contribution is -2.25. The number of carbonyl (C=O) groups is 2. The van der Waals surface area contributed by atoms with Crippen molar-refractivity contribution in [3.05, 3.63) is 29.3 Å². The fourth-order valence-corrected chi connectivity index (χ4v) is 3.68. The molecule has 24 heavy (non-hydrogen) atoms. The zero-order valence-electron chi connectivity index (χ0n) is 16.0. The summed E-state index contributed by atoms with van der Waals surface area (Å²) in [5.74, 6) is -0.419. The van der Waals surface area contributed by atoms with Gasteiger partial charge in [-0.3, -0.25) is 4.79 Å². The van der Waals surface area contributed by atoms with Gasteiger partial charge >= 0.3 is 5.97 Å². The topological polar surface area (TPSA) is 46.6 Å². The molecule has 0 unspecified atom stereocenters. The van der Waals surface area contributed by atoms with Gasteiger partial charge in [0, 0.05) is 19.0 Å². The standard InChI is InChI=1S/C19H29NO3S/c1-18(2,3)12-19(4,5)13-9-10-15(24-17(22)20(6)7)14(11-13)16(21)23-8/h9-11H,12H2,1-8H3. The van der Waals surface area contributed by atoms with Crippen molar-refractivity contribution in [1.82, 2.24) is 4.90 Å². The van der Waals surface area contributed by atoms with Crippen LogP contribution in [0.3, 0.4) is 0 Å². The van der Waals surface area contributed by atoms with Gasteiger partial charge in [-0.25, -0.2) is 4.79 Å². The third kappa shape index (κ3) is 5.55.